The molecule has 7 nitrogen and oxygen atoms in total. The zero-order chi connectivity index (χ0) is 28.1. The first-order valence-corrected chi connectivity index (χ1v) is 13.1. The summed E-state index contributed by atoms with van der Waals surface area (Å²) in [6.07, 6.45) is -4.19. The number of anilines is 2. The minimum Gasteiger partial charge on any atom is -0.366 e. The van der Waals surface area contributed by atoms with Gasteiger partial charge in [0.1, 0.15) is 5.82 Å². The highest BCUT2D eigenvalue weighted by Gasteiger charge is 2.37. The number of carbonyl (C=O) groups is 1. The van der Waals surface area contributed by atoms with Gasteiger partial charge in [0.05, 0.1) is 38.2 Å². The SMILES string of the molecule is C[C@@H]1CN(c2c(NC(=O)c3c[nH]c(=O)cc3C(F)(F)F)ccc(F)c2-c2cccc3scnc23)C[C@H](C)N1C. The van der Waals surface area contributed by atoms with Gasteiger partial charge in [0.15, 0.2) is 0 Å². The summed E-state index contributed by atoms with van der Waals surface area (Å²) in [6.45, 7) is 5.02. The van der Waals surface area contributed by atoms with Crippen molar-refractivity contribution >= 4 is 38.8 Å². The first-order valence-electron chi connectivity index (χ1n) is 12.2. The van der Waals surface area contributed by atoms with Crippen LogP contribution in [0, 0.1) is 5.82 Å². The molecule has 2 N–H and O–H groups in total. The monoisotopic (exact) mass is 559 g/mol. The number of halogens is 4. The topological polar surface area (TPSA) is 81.3 Å². The van der Waals surface area contributed by atoms with Crippen molar-refractivity contribution < 1.29 is 22.4 Å². The lowest BCUT2D eigenvalue weighted by atomic mass is 9.97. The number of aromatic nitrogens is 2. The van der Waals surface area contributed by atoms with E-state index in [1.165, 1.54) is 23.5 Å². The minimum absolute atomic E-state index is 0.0690. The number of pyridine rings is 1. The van der Waals surface area contributed by atoms with Crippen LogP contribution in [0.25, 0.3) is 21.3 Å². The Labute approximate surface area is 225 Å². The summed E-state index contributed by atoms with van der Waals surface area (Å²) in [5, 5.41) is 2.58. The molecule has 2 aromatic heterocycles. The standard InChI is InChI=1S/C27H25F4N5O2S/c1-14-11-36(12-15(2)35(14)3)25-20(34-26(38)17-10-32-22(37)9-18(17)27(29,30)31)8-7-19(28)23(25)16-5-4-6-21-24(16)33-13-39-21/h4-10,13-15H,11-12H2,1-3H3,(H,32,37)(H,34,38)/t14-,15+. The van der Waals surface area contributed by atoms with Crippen LogP contribution in [0.2, 0.25) is 0 Å². The van der Waals surface area contributed by atoms with E-state index in [2.05, 4.69) is 20.2 Å². The number of H-pyrrole nitrogens is 1. The van der Waals surface area contributed by atoms with E-state index in [-0.39, 0.29) is 23.3 Å². The van der Waals surface area contributed by atoms with Crippen molar-refractivity contribution in [1.82, 2.24) is 14.9 Å². The molecule has 2 atom stereocenters. The number of hydrogen-bond donors (Lipinski definition) is 2. The summed E-state index contributed by atoms with van der Waals surface area (Å²) in [5.41, 5.74) is 0.360. The molecule has 0 bridgehead atoms. The average molecular weight is 560 g/mol. The highest BCUT2D eigenvalue weighted by molar-refractivity contribution is 7.16. The molecule has 0 saturated carbocycles. The van der Waals surface area contributed by atoms with E-state index in [1.54, 1.807) is 17.6 Å². The van der Waals surface area contributed by atoms with Crippen LogP contribution < -0.4 is 15.8 Å². The molecule has 0 radical (unpaired) electrons. The molecule has 0 unspecified atom stereocenters. The van der Waals surface area contributed by atoms with Gasteiger partial charge in [-0.15, -0.1) is 11.3 Å². The Morgan fingerprint density at radius 1 is 1.15 bits per heavy atom. The van der Waals surface area contributed by atoms with Crippen molar-refractivity contribution in [3.8, 4) is 11.1 Å². The van der Waals surface area contributed by atoms with Gasteiger partial charge in [-0.1, -0.05) is 12.1 Å². The second kappa shape index (κ2) is 10.1. The second-order valence-electron chi connectivity index (χ2n) is 9.67. The van der Waals surface area contributed by atoms with Crippen LogP contribution in [0.5, 0.6) is 0 Å². The van der Waals surface area contributed by atoms with Gasteiger partial charge in [-0.25, -0.2) is 9.37 Å². The Balaban J connectivity index is 1.69. The van der Waals surface area contributed by atoms with Crippen LogP contribution >= 0.6 is 11.3 Å². The molecule has 1 fully saturated rings. The number of carbonyl (C=O) groups excluding carboxylic acids is 1. The third-order valence-corrected chi connectivity index (χ3v) is 7.95. The maximum Gasteiger partial charge on any atom is 0.417 e. The number of fused-ring (bicyclic) bond motifs is 1. The fraction of sp³-hybridized carbons (Fsp3) is 0.296. The highest BCUT2D eigenvalue weighted by Crippen LogP contribution is 2.43. The number of amides is 1. The van der Waals surface area contributed by atoms with Crippen LogP contribution in [-0.2, 0) is 6.18 Å². The smallest absolute Gasteiger partial charge is 0.366 e. The molecular formula is C27H25F4N5O2S. The van der Waals surface area contributed by atoms with Crippen molar-refractivity contribution in [1.29, 1.82) is 0 Å². The van der Waals surface area contributed by atoms with Gasteiger partial charge in [0.25, 0.3) is 5.91 Å². The molecule has 1 aliphatic rings. The van der Waals surface area contributed by atoms with Crippen LogP contribution in [0.4, 0.5) is 28.9 Å². The Bertz CT molecular complexity index is 1600. The van der Waals surface area contributed by atoms with Crippen molar-refractivity contribution in [2.75, 3.05) is 30.4 Å². The average Bonchev–Trinajstić information content (AvgIpc) is 3.36. The van der Waals surface area contributed by atoms with E-state index in [4.69, 9.17) is 0 Å². The maximum absolute atomic E-state index is 15.7. The predicted molar refractivity (Wildman–Crippen MR) is 144 cm³/mol. The van der Waals surface area contributed by atoms with Gasteiger partial charge in [-0.05, 0) is 39.1 Å². The lowest BCUT2D eigenvalue weighted by Gasteiger charge is -2.44. The summed E-state index contributed by atoms with van der Waals surface area (Å²) in [7, 11) is 1.99. The van der Waals surface area contributed by atoms with Crippen LogP contribution in [0.15, 0.2) is 52.9 Å². The van der Waals surface area contributed by atoms with Gasteiger partial charge in [-0.2, -0.15) is 13.2 Å². The van der Waals surface area contributed by atoms with Crippen molar-refractivity contribution in [3.63, 3.8) is 0 Å². The number of aromatic amines is 1. The molecule has 39 heavy (non-hydrogen) atoms. The number of thiazole rings is 1. The van der Waals surface area contributed by atoms with E-state index in [1.807, 2.05) is 31.9 Å². The Morgan fingerprint density at radius 3 is 2.56 bits per heavy atom. The fourth-order valence-corrected chi connectivity index (χ4v) is 5.71. The molecule has 12 heteroatoms. The molecule has 1 saturated heterocycles. The predicted octanol–water partition coefficient (Wildman–Crippen LogP) is 5.59. The second-order valence-corrected chi connectivity index (χ2v) is 10.6. The quantitative estimate of drug-likeness (QED) is 0.319. The Hall–Kier alpha value is -3.77. The molecule has 1 amide bonds. The number of piperazine rings is 1. The van der Waals surface area contributed by atoms with E-state index in [0.717, 1.165) is 10.9 Å². The molecule has 1 aliphatic heterocycles. The lowest BCUT2D eigenvalue weighted by molar-refractivity contribution is -0.138. The van der Waals surface area contributed by atoms with Gasteiger partial charge >= 0.3 is 6.18 Å². The summed E-state index contributed by atoms with van der Waals surface area (Å²) >= 11 is 1.40. The summed E-state index contributed by atoms with van der Waals surface area (Å²) in [6, 6.07) is 8.41. The summed E-state index contributed by atoms with van der Waals surface area (Å²) in [4.78, 5) is 35.5. The number of nitrogens with zero attached hydrogens (tertiary/aromatic N) is 3. The summed E-state index contributed by atoms with van der Waals surface area (Å²) < 4.78 is 57.6. The van der Waals surface area contributed by atoms with Crippen molar-refractivity contribution in [2.45, 2.75) is 32.1 Å². The third-order valence-electron chi connectivity index (χ3n) is 7.16. The third kappa shape index (κ3) is 5.01. The lowest BCUT2D eigenvalue weighted by Crippen LogP contribution is -2.55. The first kappa shape index (κ1) is 26.8. The highest BCUT2D eigenvalue weighted by atomic mass is 32.1. The maximum atomic E-state index is 15.7. The number of alkyl halides is 3. The molecule has 0 aliphatic carbocycles. The number of nitrogens with one attached hydrogen (secondary N) is 2. The normalized spacial score (nSPS) is 18.5. The Kier molecular flexibility index (Phi) is 6.93. The summed E-state index contributed by atoms with van der Waals surface area (Å²) in [5.74, 6) is -1.64. The molecule has 3 heterocycles. The van der Waals surface area contributed by atoms with Gasteiger partial charge in [0, 0.05) is 48.6 Å². The zero-order valence-electron chi connectivity index (χ0n) is 21.3. The zero-order valence-corrected chi connectivity index (χ0v) is 22.1. The molecule has 5 rings (SSSR count). The van der Waals surface area contributed by atoms with Crippen molar-refractivity contribution in [2.24, 2.45) is 0 Å². The van der Waals surface area contributed by atoms with Gasteiger partial charge in [0.2, 0.25) is 5.56 Å². The largest absolute Gasteiger partial charge is 0.417 e. The number of rotatable bonds is 4. The van der Waals surface area contributed by atoms with Crippen LogP contribution in [0.1, 0.15) is 29.8 Å². The minimum atomic E-state index is -4.93. The molecule has 4 aromatic rings. The number of hydrogen-bond acceptors (Lipinski definition) is 6. The van der Waals surface area contributed by atoms with Crippen LogP contribution in [-0.4, -0.2) is 53.0 Å². The fourth-order valence-electron chi connectivity index (χ4n) is 5.01. The first-order chi connectivity index (χ1) is 18.5. The number of para-hydroxylation sites is 1. The Morgan fingerprint density at radius 2 is 1.87 bits per heavy atom. The van der Waals surface area contributed by atoms with E-state index >= 15 is 4.39 Å². The molecule has 0 spiro atoms. The number of benzene rings is 2. The molecular weight excluding hydrogens is 534 g/mol. The van der Waals surface area contributed by atoms with Gasteiger partial charge < -0.3 is 15.2 Å². The molecule has 204 valence electrons. The number of likely N-dealkylation sites (N-methyl/N-ethyl adjacent to an activating group) is 1. The van der Waals surface area contributed by atoms with E-state index in [9.17, 15) is 22.8 Å². The van der Waals surface area contributed by atoms with E-state index in [0.29, 0.717) is 35.9 Å². The van der Waals surface area contributed by atoms with E-state index < -0.39 is 34.6 Å². The van der Waals surface area contributed by atoms with Crippen molar-refractivity contribution in [3.05, 3.63) is 75.4 Å². The molecule has 2 aromatic carbocycles. The van der Waals surface area contributed by atoms with Crippen LogP contribution in [0.3, 0.4) is 0 Å². The van der Waals surface area contributed by atoms with Gasteiger partial charge in [-0.3, -0.25) is 14.5 Å².